The Morgan fingerprint density at radius 2 is 2.42 bits per heavy atom. The van der Waals surface area contributed by atoms with Crippen molar-refractivity contribution in [2.45, 2.75) is 12.8 Å². The average Bonchev–Trinajstić information content (AvgIpc) is 2.89. The Bertz CT molecular complexity index is 623. The zero-order valence-corrected chi connectivity index (χ0v) is 11.0. The van der Waals surface area contributed by atoms with Gasteiger partial charge in [0.1, 0.15) is 16.0 Å². The number of nitriles is 1. The second kappa shape index (κ2) is 4.63. The van der Waals surface area contributed by atoms with Gasteiger partial charge in [0.15, 0.2) is 10.9 Å². The minimum absolute atomic E-state index is 0.0149. The summed E-state index contributed by atoms with van der Waals surface area (Å²) in [5.74, 6) is -0.143. The number of nitrogen functional groups attached to an aromatic ring is 1. The molecule has 2 aromatic heterocycles. The van der Waals surface area contributed by atoms with Gasteiger partial charge in [0.2, 0.25) is 0 Å². The SMILES string of the molecule is N#CC1CCCN(c2nc3c(F)cnc(N)c3s2)C1. The van der Waals surface area contributed by atoms with E-state index in [1.165, 1.54) is 11.3 Å². The van der Waals surface area contributed by atoms with Crippen LogP contribution in [0.1, 0.15) is 12.8 Å². The second-order valence-corrected chi connectivity index (χ2v) is 5.56. The van der Waals surface area contributed by atoms with E-state index in [2.05, 4.69) is 16.0 Å². The lowest BCUT2D eigenvalue weighted by molar-refractivity contribution is 0.493. The molecule has 1 atom stereocenters. The van der Waals surface area contributed by atoms with Crippen molar-refractivity contribution < 1.29 is 4.39 Å². The number of hydrogen-bond acceptors (Lipinski definition) is 6. The third kappa shape index (κ3) is 2.08. The van der Waals surface area contributed by atoms with Crippen LogP contribution in [0.4, 0.5) is 15.3 Å². The van der Waals surface area contributed by atoms with Gasteiger partial charge in [-0.25, -0.2) is 14.4 Å². The first kappa shape index (κ1) is 12.1. The van der Waals surface area contributed by atoms with Crippen LogP contribution in [0.25, 0.3) is 10.2 Å². The summed E-state index contributed by atoms with van der Waals surface area (Å²) in [6.07, 6.45) is 2.95. The molecule has 2 aromatic rings. The van der Waals surface area contributed by atoms with Crippen molar-refractivity contribution in [1.29, 1.82) is 5.26 Å². The molecule has 1 fully saturated rings. The number of pyridine rings is 1. The highest BCUT2D eigenvalue weighted by Gasteiger charge is 2.23. The normalized spacial score (nSPS) is 19.6. The fourth-order valence-corrected chi connectivity index (χ4v) is 3.29. The van der Waals surface area contributed by atoms with E-state index in [4.69, 9.17) is 11.0 Å². The highest BCUT2D eigenvalue weighted by atomic mass is 32.1. The Hall–Kier alpha value is -1.94. The summed E-state index contributed by atoms with van der Waals surface area (Å²) < 4.78 is 14.2. The van der Waals surface area contributed by atoms with Crippen LogP contribution in [-0.2, 0) is 0 Å². The molecule has 1 saturated heterocycles. The van der Waals surface area contributed by atoms with Crippen molar-refractivity contribution >= 4 is 32.5 Å². The molecule has 3 heterocycles. The molecule has 0 amide bonds. The first-order valence-corrected chi connectivity index (χ1v) is 6.85. The number of halogens is 1. The first-order chi connectivity index (χ1) is 9.19. The number of rotatable bonds is 1. The lowest BCUT2D eigenvalue weighted by Gasteiger charge is -2.28. The van der Waals surface area contributed by atoms with Gasteiger partial charge >= 0.3 is 0 Å². The lowest BCUT2D eigenvalue weighted by Crippen LogP contribution is -2.34. The van der Waals surface area contributed by atoms with E-state index in [1.54, 1.807) is 0 Å². The fraction of sp³-hybridized carbons (Fsp3) is 0.417. The molecule has 0 aromatic carbocycles. The Balaban J connectivity index is 2.00. The standard InChI is InChI=1S/C12H12FN5S/c13-8-5-16-11(15)10-9(8)17-12(19-10)18-3-1-2-7(4-14)6-18/h5,7H,1-3,6H2,(H2,15,16). The van der Waals surface area contributed by atoms with E-state index in [-0.39, 0.29) is 11.4 Å². The van der Waals surface area contributed by atoms with Crippen LogP contribution >= 0.6 is 11.3 Å². The first-order valence-electron chi connectivity index (χ1n) is 6.04. The molecule has 1 aliphatic rings. The van der Waals surface area contributed by atoms with E-state index in [0.717, 1.165) is 25.6 Å². The van der Waals surface area contributed by atoms with Gasteiger partial charge in [0, 0.05) is 13.1 Å². The maximum absolute atomic E-state index is 13.6. The van der Waals surface area contributed by atoms with Crippen LogP contribution in [0.2, 0.25) is 0 Å². The van der Waals surface area contributed by atoms with Crippen LogP contribution < -0.4 is 10.6 Å². The van der Waals surface area contributed by atoms with Crippen LogP contribution in [0, 0.1) is 23.1 Å². The number of fused-ring (bicyclic) bond motifs is 1. The highest BCUT2D eigenvalue weighted by molar-refractivity contribution is 7.22. The number of nitrogens with zero attached hydrogens (tertiary/aromatic N) is 4. The highest BCUT2D eigenvalue weighted by Crippen LogP contribution is 2.34. The summed E-state index contributed by atoms with van der Waals surface area (Å²) in [6.45, 7) is 1.48. The Morgan fingerprint density at radius 3 is 3.16 bits per heavy atom. The van der Waals surface area contributed by atoms with Crippen LogP contribution in [-0.4, -0.2) is 23.1 Å². The van der Waals surface area contributed by atoms with Crippen molar-refractivity contribution in [3.8, 4) is 6.07 Å². The van der Waals surface area contributed by atoms with Gasteiger partial charge in [0.25, 0.3) is 0 Å². The zero-order valence-electron chi connectivity index (χ0n) is 10.1. The molecule has 7 heteroatoms. The quantitative estimate of drug-likeness (QED) is 0.864. The number of hydrogen-bond donors (Lipinski definition) is 1. The molecule has 98 valence electrons. The van der Waals surface area contributed by atoms with E-state index in [0.29, 0.717) is 22.2 Å². The number of thiazole rings is 1. The molecular weight excluding hydrogens is 265 g/mol. The van der Waals surface area contributed by atoms with Crippen LogP contribution in [0.15, 0.2) is 6.20 Å². The second-order valence-electron chi connectivity index (χ2n) is 4.58. The molecule has 0 bridgehead atoms. The minimum Gasteiger partial charge on any atom is -0.382 e. The fourth-order valence-electron chi connectivity index (χ4n) is 2.28. The van der Waals surface area contributed by atoms with Crippen molar-refractivity contribution in [1.82, 2.24) is 9.97 Å². The summed E-state index contributed by atoms with van der Waals surface area (Å²) >= 11 is 1.34. The summed E-state index contributed by atoms with van der Waals surface area (Å²) in [6, 6.07) is 2.28. The lowest BCUT2D eigenvalue weighted by atomic mass is 10.0. The molecular formula is C12H12FN5S. The van der Waals surface area contributed by atoms with Gasteiger partial charge < -0.3 is 10.6 Å². The van der Waals surface area contributed by atoms with Crippen molar-refractivity contribution in [2.24, 2.45) is 5.92 Å². The van der Waals surface area contributed by atoms with Gasteiger partial charge in [-0.2, -0.15) is 5.26 Å². The number of nitrogens with two attached hydrogens (primary N) is 1. The number of piperidine rings is 1. The molecule has 0 radical (unpaired) electrons. The molecule has 5 nitrogen and oxygen atoms in total. The van der Waals surface area contributed by atoms with Gasteiger partial charge in [0.05, 0.1) is 18.2 Å². The predicted octanol–water partition coefficient (Wildman–Crippen LogP) is 2.15. The average molecular weight is 277 g/mol. The van der Waals surface area contributed by atoms with Gasteiger partial charge in [-0.15, -0.1) is 0 Å². The summed E-state index contributed by atoms with van der Waals surface area (Å²) in [5.41, 5.74) is 6.01. The van der Waals surface area contributed by atoms with Crippen LogP contribution in [0.5, 0.6) is 0 Å². The monoisotopic (exact) mass is 277 g/mol. The van der Waals surface area contributed by atoms with E-state index < -0.39 is 5.82 Å². The third-order valence-corrected chi connectivity index (χ3v) is 4.40. The summed E-state index contributed by atoms with van der Waals surface area (Å²) in [5, 5.41) is 9.72. The van der Waals surface area contributed by atoms with Crippen LogP contribution in [0.3, 0.4) is 0 Å². The number of aromatic nitrogens is 2. The van der Waals surface area contributed by atoms with E-state index in [9.17, 15) is 4.39 Å². The molecule has 19 heavy (non-hydrogen) atoms. The minimum atomic E-state index is -0.458. The third-order valence-electron chi connectivity index (χ3n) is 3.27. The van der Waals surface area contributed by atoms with E-state index >= 15 is 0 Å². The van der Waals surface area contributed by atoms with E-state index in [1.807, 2.05) is 4.90 Å². The molecule has 1 aliphatic heterocycles. The Kier molecular flexibility index (Phi) is 2.95. The van der Waals surface area contributed by atoms with Crippen molar-refractivity contribution in [3.63, 3.8) is 0 Å². The van der Waals surface area contributed by atoms with Gasteiger partial charge in [-0.1, -0.05) is 11.3 Å². The molecule has 1 unspecified atom stereocenters. The molecule has 3 rings (SSSR count). The van der Waals surface area contributed by atoms with Gasteiger partial charge in [-0.05, 0) is 12.8 Å². The molecule has 2 N–H and O–H groups in total. The summed E-state index contributed by atoms with van der Waals surface area (Å²) in [7, 11) is 0. The number of anilines is 2. The smallest absolute Gasteiger partial charge is 0.186 e. The Labute approximate surface area is 113 Å². The largest absolute Gasteiger partial charge is 0.382 e. The van der Waals surface area contributed by atoms with Crippen molar-refractivity contribution in [2.75, 3.05) is 23.7 Å². The Morgan fingerprint density at radius 1 is 1.58 bits per heavy atom. The van der Waals surface area contributed by atoms with Gasteiger partial charge in [-0.3, -0.25) is 0 Å². The topological polar surface area (TPSA) is 78.8 Å². The molecule has 0 saturated carbocycles. The zero-order chi connectivity index (χ0) is 13.4. The molecule has 0 aliphatic carbocycles. The maximum atomic E-state index is 13.6. The maximum Gasteiger partial charge on any atom is 0.186 e. The summed E-state index contributed by atoms with van der Waals surface area (Å²) in [4.78, 5) is 10.1. The molecule has 0 spiro atoms. The van der Waals surface area contributed by atoms with Crippen molar-refractivity contribution in [3.05, 3.63) is 12.0 Å². The predicted molar refractivity (Wildman–Crippen MR) is 72.3 cm³/mol.